The van der Waals surface area contributed by atoms with Crippen LogP contribution in [0.15, 0.2) is 42.9 Å². The zero-order valence-electron chi connectivity index (χ0n) is 11.5. The van der Waals surface area contributed by atoms with Crippen LogP contribution in [0.4, 0.5) is 0 Å². The van der Waals surface area contributed by atoms with Crippen LogP contribution in [0.1, 0.15) is 15.9 Å². The number of aromatic nitrogens is 3. The summed E-state index contributed by atoms with van der Waals surface area (Å²) in [6.45, 7) is 0.650. The van der Waals surface area contributed by atoms with Crippen molar-refractivity contribution in [1.29, 1.82) is 0 Å². The third kappa shape index (κ3) is 2.22. The van der Waals surface area contributed by atoms with E-state index in [9.17, 15) is 4.79 Å². The summed E-state index contributed by atoms with van der Waals surface area (Å²) in [7, 11) is 0. The van der Waals surface area contributed by atoms with Gasteiger partial charge in [0.15, 0.2) is 17.1 Å². The van der Waals surface area contributed by atoms with Gasteiger partial charge in [-0.3, -0.25) is 9.20 Å². The molecule has 1 aliphatic heterocycles. The predicted octanol–water partition coefficient (Wildman–Crippen LogP) is 1.39. The summed E-state index contributed by atoms with van der Waals surface area (Å²) in [5, 5.41) is 10.6. The van der Waals surface area contributed by atoms with E-state index in [2.05, 4.69) is 15.5 Å². The number of benzene rings is 1. The first-order chi connectivity index (χ1) is 10.8. The lowest BCUT2D eigenvalue weighted by Crippen LogP contribution is -2.22. The molecule has 0 fully saturated rings. The first kappa shape index (κ1) is 12.6. The molecule has 22 heavy (non-hydrogen) atoms. The third-order valence-electron chi connectivity index (χ3n) is 3.45. The van der Waals surface area contributed by atoms with Crippen LogP contribution < -0.4 is 14.8 Å². The summed E-state index contributed by atoms with van der Waals surface area (Å²) in [6, 6.07) is 9.03. The molecule has 0 saturated carbocycles. The van der Waals surface area contributed by atoms with Gasteiger partial charge < -0.3 is 14.8 Å². The molecule has 1 N–H and O–H groups in total. The van der Waals surface area contributed by atoms with Crippen molar-refractivity contribution in [3.05, 3.63) is 54.0 Å². The highest BCUT2D eigenvalue weighted by Crippen LogP contribution is 2.32. The normalized spacial score (nSPS) is 12.5. The Kier molecular flexibility index (Phi) is 2.89. The number of fused-ring (bicyclic) bond motifs is 2. The summed E-state index contributed by atoms with van der Waals surface area (Å²) < 4.78 is 12.3. The molecule has 0 unspecified atom stereocenters. The number of nitrogens with zero attached hydrogens (tertiary/aromatic N) is 3. The number of nitrogens with one attached hydrogen (secondary N) is 1. The van der Waals surface area contributed by atoms with Gasteiger partial charge in [0.2, 0.25) is 6.79 Å². The van der Waals surface area contributed by atoms with E-state index in [1.807, 2.05) is 18.2 Å². The molecule has 0 aliphatic carbocycles. The van der Waals surface area contributed by atoms with Crippen LogP contribution in [-0.2, 0) is 6.54 Å². The number of pyridine rings is 1. The van der Waals surface area contributed by atoms with E-state index in [-0.39, 0.29) is 12.7 Å². The molecule has 0 saturated heterocycles. The predicted molar refractivity (Wildman–Crippen MR) is 76.7 cm³/mol. The van der Waals surface area contributed by atoms with Gasteiger partial charge in [0.05, 0.1) is 0 Å². The van der Waals surface area contributed by atoms with Crippen LogP contribution in [0.5, 0.6) is 11.5 Å². The summed E-state index contributed by atoms with van der Waals surface area (Å²) in [5.74, 6) is 1.27. The van der Waals surface area contributed by atoms with Gasteiger partial charge >= 0.3 is 0 Å². The van der Waals surface area contributed by atoms with E-state index in [0.29, 0.717) is 23.5 Å². The molecular formula is C15H12N4O3. The van der Waals surface area contributed by atoms with Crippen molar-refractivity contribution in [3.63, 3.8) is 0 Å². The Balaban J connectivity index is 1.47. The molecule has 3 aromatic rings. The SMILES string of the molecule is O=C(NCc1ccc2c(c1)OCO2)c1ccn2cnnc2c1. The monoisotopic (exact) mass is 296 g/mol. The van der Waals surface area contributed by atoms with Crippen LogP contribution >= 0.6 is 0 Å². The molecule has 1 aliphatic rings. The Morgan fingerprint density at radius 2 is 2.14 bits per heavy atom. The van der Waals surface area contributed by atoms with Gasteiger partial charge in [-0.2, -0.15) is 0 Å². The van der Waals surface area contributed by atoms with E-state index in [4.69, 9.17) is 9.47 Å². The molecule has 7 heteroatoms. The Hall–Kier alpha value is -3.09. The highest BCUT2D eigenvalue weighted by Gasteiger charge is 2.13. The smallest absolute Gasteiger partial charge is 0.251 e. The highest BCUT2D eigenvalue weighted by molar-refractivity contribution is 5.94. The molecule has 1 amide bonds. The molecular weight excluding hydrogens is 284 g/mol. The van der Waals surface area contributed by atoms with Crippen molar-refractivity contribution >= 4 is 11.6 Å². The van der Waals surface area contributed by atoms with Crippen molar-refractivity contribution < 1.29 is 14.3 Å². The lowest BCUT2D eigenvalue weighted by molar-refractivity contribution is 0.0951. The standard InChI is InChI=1S/C15H12N4O3/c20-15(11-3-4-19-8-17-18-14(19)6-11)16-7-10-1-2-12-13(5-10)22-9-21-12/h1-6,8H,7,9H2,(H,16,20). The quantitative estimate of drug-likeness (QED) is 0.790. The van der Waals surface area contributed by atoms with Crippen LogP contribution in [0, 0.1) is 0 Å². The number of carbonyl (C=O) groups is 1. The van der Waals surface area contributed by atoms with Crippen LogP contribution in [0.3, 0.4) is 0 Å². The minimum absolute atomic E-state index is 0.164. The maximum absolute atomic E-state index is 12.2. The lowest BCUT2D eigenvalue weighted by Gasteiger charge is -2.06. The van der Waals surface area contributed by atoms with Crippen LogP contribution in [0.2, 0.25) is 0 Å². The zero-order chi connectivity index (χ0) is 14.9. The molecule has 4 rings (SSSR count). The van der Waals surface area contributed by atoms with Crippen molar-refractivity contribution in [2.45, 2.75) is 6.54 Å². The summed E-state index contributed by atoms with van der Waals surface area (Å²) in [5.41, 5.74) is 2.12. The van der Waals surface area contributed by atoms with Gasteiger partial charge in [-0.1, -0.05) is 6.07 Å². The first-order valence-corrected chi connectivity index (χ1v) is 6.76. The molecule has 0 spiro atoms. The maximum Gasteiger partial charge on any atom is 0.251 e. The van der Waals surface area contributed by atoms with Crippen molar-refractivity contribution in [2.75, 3.05) is 6.79 Å². The minimum Gasteiger partial charge on any atom is -0.454 e. The van der Waals surface area contributed by atoms with Crippen molar-refractivity contribution in [2.24, 2.45) is 0 Å². The van der Waals surface area contributed by atoms with Crippen molar-refractivity contribution in [1.82, 2.24) is 19.9 Å². The van der Waals surface area contributed by atoms with E-state index in [1.54, 1.807) is 29.1 Å². The molecule has 2 aromatic heterocycles. The zero-order valence-corrected chi connectivity index (χ0v) is 11.5. The summed E-state index contributed by atoms with van der Waals surface area (Å²) in [4.78, 5) is 12.2. The number of rotatable bonds is 3. The molecule has 1 aromatic carbocycles. The van der Waals surface area contributed by atoms with Crippen LogP contribution in [-0.4, -0.2) is 27.3 Å². The lowest BCUT2D eigenvalue weighted by atomic mass is 10.2. The Labute approximate surface area is 125 Å². The fourth-order valence-electron chi connectivity index (χ4n) is 2.29. The Bertz CT molecular complexity index is 859. The number of hydrogen-bond donors (Lipinski definition) is 1. The molecule has 0 bridgehead atoms. The van der Waals surface area contributed by atoms with E-state index in [0.717, 1.165) is 11.3 Å². The molecule has 3 heterocycles. The first-order valence-electron chi connectivity index (χ1n) is 6.76. The largest absolute Gasteiger partial charge is 0.454 e. The second-order valence-electron chi connectivity index (χ2n) is 4.88. The summed E-state index contributed by atoms with van der Waals surface area (Å²) in [6.07, 6.45) is 3.34. The van der Waals surface area contributed by atoms with Crippen LogP contribution in [0.25, 0.3) is 5.65 Å². The van der Waals surface area contributed by atoms with E-state index >= 15 is 0 Å². The van der Waals surface area contributed by atoms with Gasteiger partial charge in [0.1, 0.15) is 6.33 Å². The van der Waals surface area contributed by atoms with Gasteiger partial charge in [-0.15, -0.1) is 10.2 Å². The third-order valence-corrected chi connectivity index (χ3v) is 3.45. The fourth-order valence-corrected chi connectivity index (χ4v) is 2.29. The average molecular weight is 296 g/mol. The Morgan fingerprint density at radius 1 is 1.23 bits per heavy atom. The summed E-state index contributed by atoms with van der Waals surface area (Å²) >= 11 is 0. The minimum atomic E-state index is -0.164. The topological polar surface area (TPSA) is 77.8 Å². The average Bonchev–Trinajstić information content (AvgIpc) is 3.19. The molecule has 0 radical (unpaired) electrons. The second kappa shape index (κ2) is 5.03. The number of amides is 1. The van der Waals surface area contributed by atoms with Gasteiger partial charge in [-0.25, -0.2) is 0 Å². The molecule has 0 atom stereocenters. The molecule has 110 valence electrons. The number of hydrogen-bond acceptors (Lipinski definition) is 5. The second-order valence-corrected chi connectivity index (χ2v) is 4.88. The van der Waals surface area contributed by atoms with Gasteiger partial charge in [0, 0.05) is 18.3 Å². The van der Waals surface area contributed by atoms with Gasteiger partial charge in [0.25, 0.3) is 5.91 Å². The highest BCUT2D eigenvalue weighted by atomic mass is 16.7. The fraction of sp³-hybridized carbons (Fsp3) is 0.133. The van der Waals surface area contributed by atoms with Gasteiger partial charge in [-0.05, 0) is 29.8 Å². The number of carbonyl (C=O) groups excluding carboxylic acids is 1. The Morgan fingerprint density at radius 3 is 3.09 bits per heavy atom. The number of ether oxygens (including phenoxy) is 2. The van der Waals surface area contributed by atoms with E-state index < -0.39 is 0 Å². The van der Waals surface area contributed by atoms with Crippen molar-refractivity contribution in [3.8, 4) is 11.5 Å². The molecule has 7 nitrogen and oxygen atoms in total. The van der Waals surface area contributed by atoms with E-state index in [1.165, 1.54) is 0 Å². The maximum atomic E-state index is 12.2.